The van der Waals surface area contributed by atoms with Gasteiger partial charge in [0.25, 0.3) is 5.91 Å². The fourth-order valence-corrected chi connectivity index (χ4v) is 3.24. The van der Waals surface area contributed by atoms with Gasteiger partial charge in [-0.3, -0.25) is 4.79 Å². The first-order chi connectivity index (χ1) is 11.7. The van der Waals surface area contributed by atoms with Crippen molar-refractivity contribution in [2.24, 2.45) is 0 Å². The number of carbonyl (C=O) groups is 1. The Hall–Kier alpha value is -2.30. The average Bonchev–Trinajstić information content (AvgIpc) is 3.15. The molecule has 0 bridgehead atoms. The van der Waals surface area contributed by atoms with Crippen molar-refractivity contribution in [2.75, 3.05) is 7.11 Å². The second kappa shape index (κ2) is 7.51. The third kappa shape index (κ3) is 3.78. The van der Waals surface area contributed by atoms with E-state index in [1.54, 1.807) is 36.6 Å². The number of halogens is 1. The molecule has 3 nitrogen and oxygen atoms in total. The van der Waals surface area contributed by atoms with Gasteiger partial charge in [-0.15, -0.1) is 0 Å². The SMILES string of the molecule is COc1cccc(C(=O)NC(c2ccc(Cl)cc2)c2ccsc2)c1. The molecule has 5 heteroatoms. The minimum atomic E-state index is -0.229. The molecular weight excluding hydrogens is 342 g/mol. The second-order valence-corrected chi connectivity index (χ2v) is 6.46. The molecule has 3 rings (SSSR count). The van der Waals surface area contributed by atoms with Crippen LogP contribution >= 0.6 is 22.9 Å². The Balaban J connectivity index is 1.89. The third-order valence-electron chi connectivity index (χ3n) is 3.69. The van der Waals surface area contributed by atoms with Crippen LogP contribution in [0.1, 0.15) is 27.5 Å². The summed E-state index contributed by atoms with van der Waals surface area (Å²) in [7, 11) is 1.58. The Bertz CT molecular complexity index is 816. The van der Waals surface area contributed by atoms with Crippen LogP contribution < -0.4 is 10.1 Å². The normalized spacial score (nSPS) is 11.8. The van der Waals surface area contributed by atoms with Crippen molar-refractivity contribution in [3.8, 4) is 5.75 Å². The smallest absolute Gasteiger partial charge is 0.252 e. The maximum atomic E-state index is 12.7. The fourth-order valence-electron chi connectivity index (χ4n) is 2.43. The van der Waals surface area contributed by atoms with Crippen LogP contribution in [0.3, 0.4) is 0 Å². The van der Waals surface area contributed by atoms with Crippen LogP contribution in [0, 0.1) is 0 Å². The fraction of sp³-hybridized carbons (Fsp3) is 0.105. The summed E-state index contributed by atoms with van der Waals surface area (Å²) >= 11 is 7.57. The summed E-state index contributed by atoms with van der Waals surface area (Å²) in [6, 6.07) is 16.4. The predicted octanol–water partition coefficient (Wildman–Crippen LogP) is 4.93. The van der Waals surface area contributed by atoms with Crippen LogP contribution in [0.5, 0.6) is 5.75 Å². The van der Waals surface area contributed by atoms with Crippen molar-refractivity contribution in [1.82, 2.24) is 5.32 Å². The molecule has 1 unspecified atom stereocenters. The van der Waals surface area contributed by atoms with Gasteiger partial charge in [-0.25, -0.2) is 0 Å². The summed E-state index contributed by atoms with van der Waals surface area (Å²) in [5.41, 5.74) is 2.58. The van der Waals surface area contributed by atoms with Gasteiger partial charge in [-0.05, 0) is 58.3 Å². The second-order valence-electron chi connectivity index (χ2n) is 5.25. The molecule has 0 saturated carbocycles. The van der Waals surface area contributed by atoms with Gasteiger partial charge in [-0.2, -0.15) is 11.3 Å². The van der Waals surface area contributed by atoms with Crippen LogP contribution in [0.4, 0.5) is 0 Å². The largest absolute Gasteiger partial charge is 0.497 e. The van der Waals surface area contributed by atoms with E-state index in [-0.39, 0.29) is 11.9 Å². The molecule has 2 aromatic carbocycles. The molecule has 1 amide bonds. The minimum absolute atomic E-state index is 0.153. The molecule has 24 heavy (non-hydrogen) atoms. The lowest BCUT2D eigenvalue weighted by molar-refractivity contribution is 0.0942. The molecular formula is C19H16ClNO2S. The molecule has 1 atom stereocenters. The highest BCUT2D eigenvalue weighted by atomic mass is 35.5. The van der Waals surface area contributed by atoms with Gasteiger partial charge >= 0.3 is 0 Å². The minimum Gasteiger partial charge on any atom is -0.497 e. The summed E-state index contributed by atoms with van der Waals surface area (Å²) in [5.74, 6) is 0.501. The van der Waals surface area contributed by atoms with Gasteiger partial charge in [-0.1, -0.05) is 29.8 Å². The van der Waals surface area contributed by atoms with Crippen LogP contribution in [-0.4, -0.2) is 13.0 Å². The third-order valence-corrected chi connectivity index (χ3v) is 4.64. The Kier molecular flexibility index (Phi) is 5.18. The highest BCUT2D eigenvalue weighted by Crippen LogP contribution is 2.26. The quantitative estimate of drug-likeness (QED) is 0.703. The Morgan fingerprint density at radius 1 is 1.12 bits per heavy atom. The van der Waals surface area contributed by atoms with Crippen molar-refractivity contribution in [1.29, 1.82) is 0 Å². The lowest BCUT2D eigenvalue weighted by Gasteiger charge is -2.19. The zero-order chi connectivity index (χ0) is 16.9. The number of hydrogen-bond acceptors (Lipinski definition) is 3. The maximum absolute atomic E-state index is 12.7. The van der Waals surface area contributed by atoms with Crippen molar-refractivity contribution in [2.45, 2.75) is 6.04 Å². The van der Waals surface area contributed by atoms with Crippen LogP contribution in [0.25, 0.3) is 0 Å². The van der Waals surface area contributed by atoms with E-state index in [9.17, 15) is 4.79 Å². The van der Waals surface area contributed by atoms with E-state index in [1.165, 1.54) is 0 Å². The molecule has 0 aliphatic heterocycles. The molecule has 3 aromatic rings. The van der Waals surface area contributed by atoms with Crippen molar-refractivity contribution in [3.05, 3.63) is 87.1 Å². The van der Waals surface area contributed by atoms with E-state index >= 15 is 0 Å². The maximum Gasteiger partial charge on any atom is 0.252 e. The zero-order valence-electron chi connectivity index (χ0n) is 13.0. The highest BCUT2D eigenvalue weighted by Gasteiger charge is 2.18. The van der Waals surface area contributed by atoms with Crippen molar-refractivity contribution in [3.63, 3.8) is 0 Å². The Morgan fingerprint density at radius 2 is 1.92 bits per heavy atom. The van der Waals surface area contributed by atoms with Gasteiger partial charge in [0.15, 0.2) is 0 Å². The van der Waals surface area contributed by atoms with E-state index in [4.69, 9.17) is 16.3 Å². The predicted molar refractivity (Wildman–Crippen MR) is 98.1 cm³/mol. The molecule has 0 saturated heterocycles. The van der Waals surface area contributed by atoms with Gasteiger partial charge in [0, 0.05) is 10.6 Å². The lowest BCUT2D eigenvalue weighted by atomic mass is 10.0. The first kappa shape index (κ1) is 16.6. The molecule has 1 aromatic heterocycles. The summed E-state index contributed by atoms with van der Waals surface area (Å²) in [6.07, 6.45) is 0. The summed E-state index contributed by atoms with van der Waals surface area (Å²) < 4.78 is 5.19. The average molecular weight is 358 g/mol. The molecule has 122 valence electrons. The van der Waals surface area contributed by atoms with E-state index in [2.05, 4.69) is 5.32 Å². The standard InChI is InChI=1S/C19H16ClNO2S/c1-23-17-4-2-3-14(11-17)19(22)21-18(15-9-10-24-12-15)13-5-7-16(20)8-6-13/h2-12,18H,1H3,(H,21,22). The highest BCUT2D eigenvalue weighted by molar-refractivity contribution is 7.08. The van der Waals surface area contributed by atoms with Gasteiger partial charge in [0.1, 0.15) is 5.75 Å². The first-order valence-corrected chi connectivity index (χ1v) is 8.72. The molecule has 0 fully saturated rings. The Labute approximate surface area is 149 Å². The van der Waals surface area contributed by atoms with Crippen molar-refractivity contribution < 1.29 is 9.53 Å². The molecule has 1 heterocycles. The number of methoxy groups -OCH3 is 1. The number of amides is 1. The van der Waals surface area contributed by atoms with Gasteiger partial charge in [0.05, 0.1) is 13.2 Å². The number of rotatable bonds is 5. The molecule has 0 aliphatic carbocycles. The molecule has 0 aliphatic rings. The van der Waals surface area contributed by atoms with Gasteiger partial charge in [0.2, 0.25) is 0 Å². The lowest BCUT2D eigenvalue weighted by Crippen LogP contribution is -2.29. The van der Waals surface area contributed by atoms with E-state index in [1.807, 2.05) is 47.2 Å². The first-order valence-electron chi connectivity index (χ1n) is 7.40. The van der Waals surface area contributed by atoms with E-state index < -0.39 is 0 Å². The summed E-state index contributed by atoms with van der Waals surface area (Å²) in [6.45, 7) is 0. The van der Waals surface area contributed by atoms with E-state index in [0.29, 0.717) is 16.3 Å². The summed E-state index contributed by atoms with van der Waals surface area (Å²) in [5, 5.41) is 7.79. The summed E-state index contributed by atoms with van der Waals surface area (Å²) in [4.78, 5) is 12.7. The van der Waals surface area contributed by atoms with Gasteiger partial charge < -0.3 is 10.1 Å². The Morgan fingerprint density at radius 3 is 2.58 bits per heavy atom. The van der Waals surface area contributed by atoms with Crippen LogP contribution in [0.15, 0.2) is 65.4 Å². The molecule has 0 spiro atoms. The number of ether oxygens (including phenoxy) is 1. The monoisotopic (exact) mass is 357 g/mol. The number of carbonyl (C=O) groups excluding carboxylic acids is 1. The van der Waals surface area contributed by atoms with Crippen LogP contribution in [-0.2, 0) is 0 Å². The topological polar surface area (TPSA) is 38.3 Å². The van der Waals surface area contributed by atoms with E-state index in [0.717, 1.165) is 11.1 Å². The molecule has 1 N–H and O–H groups in total. The molecule has 0 radical (unpaired) electrons. The van der Waals surface area contributed by atoms with Crippen LogP contribution in [0.2, 0.25) is 5.02 Å². The number of thiophene rings is 1. The number of nitrogens with one attached hydrogen (secondary N) is 1. The van der Waals surface area contributed by atoms with Crippen molar-refractivity contribution >= 4 is 28.8 Å². The number of benzene rings is 2. The number of hydrogen-bond donors (Lipinski definition) is 1. The zero-order valence-corrected chi connectivity index (χ0v) is 14.6.